The normalized spacial score (nSPS) is 17.0. The fraction of sp³-hybridized carbons (Fsp3) is 0.417. The standard InChI is InChI=1S/C12H17N3O4S/c1-19-11-4-2-3-10(9-11)12(16)14-5-7-15(8-6-14)20(13,17)18/h2-4,9H,5-8H2,1H3,(H2,13,17,18). The Morgan fingerprint density at radius 1 is 1.25 bits per heavy atom. The molecular formula is C12H17N3O4S. The van der Waals surface area contributed by atoms with Crippen molar-refractivity contribution in [2.75, 3.05) is 33.3 Å². The molecule has 1 aliphatic heterocycles. The first-order valence-electron chi connectivity index (χ1n) is 6.13. The molecule has 8 heteroatoms. The topological polar surface area (TPSA) is 92.9 Å². The van der Waals surface area contributed by atoms with Crippen LogP contribution in [0.2, 0.25) is 0 Å². The lowest BCUT2D eigenvalue weighted by Gasteiger charge is -2.33. The van der Waals surface area contributed by atoms with E-state index in [2.05, 4.69) is 0 Å². The number of ether oxygens (including phenoxy) is 1. The first-order valence-corrected chi connectivity index (χ1v) is 7.63. The molecule has 7 nitrogen and oxygen atoms in total. The minimum absolute atomic E-state index is 0.141. The summed E-state index contributed by atoms with van der Waals surface area (Å²) in [5.41, 5.74) is 0.522. The molecule has 1 aromatic carbocycles. The molecule has 1 fully saturated rings. The van der Waals surface area contributed by atoms with Crippen LogP contribution >= 0.6 is 0 Å². The molecule has 0 unspecified atom stereocenters. The Kier molecular flexibility index (Phi) is 4.26. The highest BCUT2D eigenvalue weighted by Gasteiger charge is 2.27. The van der Waals surface area contributed by atoms with Gasteiger partial charge >= 0.3 is 0 Å². The van der Waals surface area contributed by atoms with Crippen molar-refractivity contribution in [2.45, 2.75) is 0 Å². The molecule has 1 saturated heterocycles. The van der Waals surface area contributed by atoms with Gasteiger partial charge < -0.3 is 9.64 Å². The predicted molar refractivity (Wildman–Crippen MR) is 73.6 cm³/mol. The molecule has 0 saturated carbocycles. The summed E-state index contributed by atoms with van der Waals surface area (Å²) in [6.45, 7) is 1.09. The van der Waals surface area contributed by atoms with E-state index in [1.807, 2.05) is 0 Å². The van der Waals surface area contributed by atoms with Gasteiger partial charge in [0.15, 0.2) is 0 Å². The average Bonchev–Trinajstić information content (AvgIpc) is 2.46. The van der Waals surface area contributed by atoms with Crippen molar-refractivity contribution in [3.8, 4) is 5.75 Å². The summed E-state index contributed by atoms with van der Waals surface area (Å²) in [5.74, 6) is 0.469. The molecule has 1 heterocycles. The van der Waals surface area contributed by atoms with E-state index in [1.165, 1.54) is 11.4 Å². The van der Waals surface area contributed by atoms with Crippen LogP contribution in [0.3, 0.4) is 0 Å². The SMILES string of the molecule is COc1cccc(C(=O)N2CCN(S(N)(=O)=O)CC2)c1. The molecule has 0 spiro atoms. The summed E-state index contributed by atoms with van der Waals surface area (Å²) in [4.78, 5) is 13.9. The third-order valence-corrected chi connectivity index (χ3v) is 4.29. The number of nitrogens with zero attached hydrogens (tertiary/aromatic N) is 2. The molecule has 0 radical (unpaired) electrons. The zero-order valence-electron chi connectivity index (χ0n) is 11.2. The summed E-state index contributed by atoms with van der Waals surface area (Å²) >= 11 is 0. The van der Waals surface area contributed by atoms with Crippen molar-refractivity contribution >= 4 is 16.1 Å². The van der Waals surface area contributed by atoms with Gasteiger partial charge in [-0.25, -0.2) is 5.14 Å². The number of benzene rings is 1. The monoisotopic (exact) mass is 299 g/mol. The van der Waals surface area contributed by atoms with Gasteiger partial charge in [-0.05, 0) is 18.2 Å². The van der Waals surface area contributed by atoms with Crippen LogP contribution in [0.25, 0.3) is 0 Å². The second-order valence-corrected chi connectivity index (χ2v) is 6.01. The molecule has 1 aromatic rings. The van der Waals surface area contributed by atoms with Crippen molar-refractivity contribution in [3.63, 3.8) is 0 Å². The molecule has 2 N–H and O–H groups in total. The van der Waals surface area contributed by atoms with Crippen molar-refractivity contribution in [2.24, 2.45) is 5.14 Å². The predicted octanol–water partition coefficient (Wildman–Crippen LogP) is -0.343. The van der Waals surface area contributed by atoms with Gasteiger partial charge in [-0.2, -0.15) is 12.7 Å². The van der Waals surface area contributed by atoms with Gasteiger partial charge in [-0.1, -0.05) is 6.07 Å². The number of nitrogens with two attached hydrogens (primary N) is 1. The Hall–Kier alpha value is -1.64. The lowest BCUT2D eigenvalue weighted by molar-refractivity contribution is 0.0697. The fourth-order valence-electron chi connectivity index (χ4n) is 2.08. The third-order valence-electron chi connectivity index (χ3n) is 3.20. The van der Waals surface area contributed by atoms with E-state index < -0.39 is 10.2 Å². The summed E-state index contributed by atoms with van der Waals surface area (Å²) in [5, 5.41) is 5.06. The van der Waals surface area contributed by atoms with Crippen LogP contribution < -0.4 is 9.88 Å². The molecule has 1 aliphatic rings. The maximum absolute atomic E-state index is 12.3. The van der Waals surface area contributed by atoms with Gasteiger partial charge in [0.25, 0.3) is 16.1 Å². The Morgan fingerprint density at radius 3 is 2.45 bits per heavy atom. The van der Waals surface area contributed by atoms with Gasteiger partial charge in [0.2, 0.25) is 0 Å². The van der Waals surface area contributed by atoms with E-state index in [0.29, 0.717) is 24.4 Å². The van der Waals surface area contributed by atoms with Crippen LogP contribution in [0.5, 0.6) is 5.75 Å². The maximum atomic E-state index is 12.3. The molecule has 0 aromatic heterocycles. The van der Waals surface area contributed by atoms with Crippen molar-refractivity contribution in [1.29, 1.82) is 0 Å². The van der Waals surface area contributed by atoms with Crippen molar-refractivity contribution < 1.29 is 17.9 Å². The lowest BCUT2D eigenvalue weighted by Crippen LogP contribution is -2.52. The number of hydrogen-bond acceptors (Lipinski definition) is 4. The van der Waals surface area contributed by atoms with E-state index in [1.54, 1.807) is 29.2 Å². The minimum Gasteiger partial charge on any atom is -0.497 e. The highest BCUT2D eigenvalue weighted by Crippen LogP contribution is 2.15. The maximum Gasteiger partial charge on any atom is 0.277 e. The van der Waals surface area contributed by atoms with Gasteiger partial charge in [-0.3, -0.25) is 4.79 Å². The Morgan fingerprint density at radius 2 is 1.90 bits per heavy atom. The van der Waals surface area contributed by atoms with Crippen LogP contribution in [0.4, 0.5) is 0 Å². The molecule has 0 aliphatic carbocycles. The van der Waals surface area contributed by atoms with E-state index in [-0.39, 0.29) is 19.0 Å². The second-order valence-electron chi connectivity index (χ2n) is 4.47. The van der Waals surface area contributed by atoms with Gasteiger partial charge in [0, 0.05) is 31.7 Å². The van der Waals surface area contributed by atoms with E-state index in [9.17, 15) is 13.2 Å². The van der Waals surface area contributed by atoms with Crippen molar-refractivity contribution in [3.05, 3.63) is 29.8 Å². The number of carbonyl (C=O) groups is 1. The lowest BCUT2D eigenvalue weighted by atomic mass is 10.1. The van der Waals surface area contributed by atoms with Gasteiger partial charge in [-0.15, -0.1) is 0 Å². The number of methoxy groups -OCH3 is 1. The van der Waals surface area contributed by atoms with Crippen LogP contribution in [-0.2, 0) is 10.2 Å². The summed E-state index contributed by atoms with van der Waals surface area (Å²) in [6, 6.07) is 6.87. The second kappa shape index (κ2) is 5.78. The molecule has 1 amide bonds. The zero-order valence-corrected chi connectivity index (χ0v) is 12.0. The minimum atomic E-state index is -3.67. The Bertz CT molecular complexity index is 594. The number of hydrogen-bond donors (Lipinski definition) is 1. The van der Waals surface area contributed by atoms with E-state index >= 15 is 0 Å². The van der Waals surface area contributed by atoms with E-state index in [4.69, 9.17) is 9.88 Å². The first kappa shape index (κ1) is 14.8. The summed E-state index contributed by atoms with van der Waals surface area (Å²) in [7, 11) is -2.14. The largest absolute Gasteiger partial charge is 0.497 e. The number of carbonyl (C=O) groups excluding carboxylic acids is 1. The van der Waals surface area contributed by atoms with Crippen LogP contribution in [-0.4, -0.2) is 56.8 Å². The smallest absolute Gasteiger partial charge is 0.277 e. The van der Waals surface area contributed by atoms with Crippen LogP contribution in [0.15, 0.2) is 24.3 Å². The molecule has 20 heavy (non-hydrogen) atoms. The Balaban J connectivity index is 2.05. The van der Waals surface area contributed by atoms with E-state index in [0.717, 1.165) is 0 Å². The molecular weight excluding hydrogens is 282 g/mol. The van der Waals surface area contributed by atoms with Gasteiger partial charge in [0.05, 0.1) is 7.11 Å². The molecule has 0 bridgehead atoms. The zero-order chi connectivity index (χ0) is 14.8. The first-order chi connectivity index (χ1) is 9.41. The quantitative estimate of drug-likeness (QED) is 0.826. The van der Waals surface area contributed by atoms with Gasteiger partial charge in [0.1, 0.15) is 5.75 Å². The highest BCUT2D eigenvalue weighted by molar-refractivity contribution is 7.86. The Labute approximate surface area is 118 Å². The van der Waals surface area contributed by atoms with Crippen LogP contribution in [0.1, 0.15) is 10.4 Å². The highest BCUT2D eigenvalue weighted by atomic mass is 32.2. The summed E-state index contributed by atoms with van der Waals surface area (Å²) < 4.78 is 28.6. The van der Waals surface area contributed by atoms with Crippen LogP contribution in [0, 0.1) is 0 Å². The fourth-order valence-corrected chi connectivity index (χ4v) is 2.76. The summed E-state index contributed by atoms with van der Waals surface area (Å²) in [6.07, 6.45) is 0. The third kappa shape index (κ3) is 3.27. The number of rotatable bonds is 3. The molecule has 2 rings (SSSR count). The molecule has 110 valence electrons. The molecule has 0 atom stereocenters. The average molecular weight is 299 g/mol. The van der Waals surface area contributed by atoms with Crippen molar-refractivity contribution in [1.82, 2.24) is 9.21 Å². The number of amides is 1. The number of piperazine rings is 1.